The molecule has 1 aliphatic rings. The number of esters is 1. The fraction of sp³-hybridized carbons (Fsp3) is 0.500. The molecule has 4 nitrogen and oxygen atoms in total. The molecule has 0 spiro atoms. The van der Waals surface area contributed by atoms with E-state index in [1.165, 1.54) is 0 Å². The minimum Gasteiger partial charge on any atom is -0.478 e. The zero-order chi connectivity index (χ0) is 12.0. The third kappa shape index (κ3) is 3.88. The quantitative estimate of drug-likeness (QED) is 0.440. The predicted octanol–water partition coefficient (Wildman–Crippen LogP) is 1.92. The van der Waals surface area contributed by atoms with Crippen LogP contribution in [-0.4, -0.2) is 23.7 Å². The number of aliphatic carboxylic acids is 1. The Bertz CT molecular complexity index is 317. The molecule has 16 heavy (non-hydrogen) atoms. The van der Waals surface area contributed by atoms with Gasteiger partial charge in [0.2, 0.25) is 0 Å². The smallest absolute Gasteiger partial charge is 0.331 e. The minimum atomic E-state index is -1.05. The van der Waals surface area contributed by atoms with Crippen molar-refractivity contribution >= 4 is 11.9 Å². The number of carbonyl (C=O) groups excluding carboxylic acids is 1. The highest BCUT2D eigenvalue weighted by molar-refractivity contribution is 5.85. The summed E-state index contributed by atoms with van der Waals surface area (Å²) in [5, 5.41) is 8.54. The first-order chi connectivity index (χ1) is 7.61. The van der Waals surface area contributed by atoms with Gasteiger partial charge in [0.25, 0.3) is 0 Å². The maximum atomic E-state index is 11.5. The lowest BCUT2D eigenvalue weighted by Crippen LogP contribution is -2.18. The zero-order valence-electron chi connectivity index (χ0n) is 9.15. The van der Waals surface area contributed by atoms with E-state index >= 15 is 0 Å². The van der Waals surface area contributed by atoms with E-state index in [1.807, 2.05) is 12.2 Å². The van der Waals surface area contributed by atoms with Crippen LogP contribution in [0.5, 0.6) is 0 Å². The highest BCUT2D eigenvalue weighted by Gasteiger charge is 2.18. The summed E-state index contributed by atoms with van der Waals surface area (Å²) < 4.78 is 4.99. The molecule has 0 aliphatic heterocycles. The van der Waals surface area contributed by atoms with Crippen LogP contribution in [0.15, 0.2) is 24.3 Å². The highest BCUT2D eigenvalue weighted by atomic mass is 16.5. The molecule has 1 atom stereocenters. The van der Waals surface area contributed by atoms with Gasteiger partial charge in [0, 0.05) is 12.0 Å². The topological polar surface area (TPSA) is 63.6 Å². The molecule has 1 N–H and O–H groups in total. The molecule has 0 fully saturated rings. The van der Waals surface area contributed by atoms with Crippen molar-refractivity contribution in [2.24, 2.45) is 5.92 Å². The van der Waals surface area contributed by atoms with Crippen LogP contribution in [0.4, 0.5) is 0 Å². The summed E-state index contributed by atoms with van der Waals surface area (Å²) in [5.74, 6) is -1.48. The molecule has 0 radical (unpaired) electrons. The van der Waals surface area contributed by atoms with E-state index in [2.05, 4.69) is 6.58 Å². The third-order valence-electron chi connectivity index (χ3n) is 2.51. The van der Waals surface area contributed by atoms with Crippen molar-refractivity contribution < 1.29 is 19.4 Å². The normalized spacial score (nSPS) is 19.1. The molecule has 0 aromatic carbocycles. The lowest BCUT2D eigenvalue weighted by Gasteiger charge is -2.15. The monoisotopic (exact) mass is 224 g/mol. The van der Waals surface area contributed by atoms with Crippen molar-refractivity contribution in [3.8, 4) is 0 Å². The van der Waals surface area contributed by atoms with Gasteiger partial charge >= 0.3 is 11.9 Å². The van der Waals surface area contributed by atoms with Gasteiger partial charge in [-0.1, -0.05) is 18.7 Å². The summed E-state index contributed by atoms with van der Waals surface area (Å²) in [6.45, 7) is 3.45. The molecular formula is C12H16O4. The van der Waals surface area contributed by atoms with Gasteiger partial charge in [-0.25, -0.2) is 4.79 Å². The van der Waals surface area contributed by atoms with Crippen LogP contribution in [0.25, 0.3) is 0 Å². The first-order valence-electron chi connectivity index (χ1n) is 5.35. The van der Waals surface area contributed by atoms with E-state index in [9.17, 15) is 9.59 Å². The van der Waals surface area contributed by atoms with E-state index in [0.717, 1.165) is 19.3 Å². The molecule has 0 heterocycles. The standard InChI is InChI=1S/C12H16O4/c1-9(11(13)14)7-8-16-12(15)10-5-3-2-4-6-10/h3,5,10H,1-2,4,6-8H2,(H,13,14). The first-order valence-corrected chi connectivity index (χ1v) is 5.35. The largest absolute Gasteiger partial charge is 0.478 e. The maximum Gasteiger partial charge on any atom is 0.331 e. The molecule has 1 aliphatic carbocycles. The minimum absolute atomic E-state index is 0.0620. The molecule has 88 valence electrons. The summed E-state index contributed by atoms with van der Waals surface area (Å²) in [7, 11) is 0. The van der Waals surface area contributed by atoms with Crippen molar-refractivity contribution in [2.75, 3.05) is 6.61 Å². The summed E-state index contributed by atoms with van der Waals surface area (Å²) in [6, 6.07) is 0. The molecule has 0 aromatic heterocycles. The molecule has 1 unspecified atom stereocenters. The second-order valence-electron chi connectivity index (χ2n) is 3.79. The second kappa shape index (κ2) is 6.10. The third-order valence-corrected chi connectivity index (χ3v) is 2.51. The van der Waals surface area contributed by atoms with Gasteiger partial charge in [-0.2, -0.15) is 0 Å². The Labute approximate surface area is 94.6 Å². The molecule has 4 heteroatoms. The number of hydrogen-bond acceptors (Lipinski definition) is 3. The Morgan fingerprint density at radius 3 is 2.81 bits per heavy atom. The lowest BCUT2D eigenvalue weighted by molar-refractivity contribution is -0.147. The predicted molar refractivity (Wildman–Crippen MR) is 58.8 cm³/mol. The highest BCUT2D eigenvalue weighted by Crippen LogP contribution is 2.18. The van der Waals surface area contributed by atoms with Crippen LogP contribution >= 0.6 is 0 Å². The number of carbonyl (C=O) groups is 2. The molecule has 0 aromatic rings. The Morgan fingerprint density at radius 1 is 1.50 bits per heavy atom. The van der Waals surface area contributed by atoms with Crippen LogP contribution in [-0.2, 0) is 14.3 Å². The molecule has 0 bridgehead atoms. The number of allylic oxidation sites excluding steroid dienone is 1. The fourth-order valence-electron chi connectivity index (χ4n) is 1.50. The Morgan fingerprint density at radius 2 is 2.25 bits per heavy atom. The van der Waals surface area contributed by atoms with E-state index in [0.29, 0.717) is 0 Å². The Hall–Kier alpha value is -1.58. The van der Waals surface area contributed by atoms with Gasteiger partial charge in [0.15, 0.2) is 0 Å². The maximum absolute atomic E-state index is 11.5. The molecule has 0 saturated carbocycles. The number of hydrogen-bond donors (Lipinski definition) is 1. The van der Waals surface area contributed by atoms with Crippen molar-refractivity contribution in [1.29, 1.82) is 0 Å². The van der Waals surface area contributed by atoms with Crippen LogP contribution in [0.1, 0.15) is 25.7 Å². The van der Waals surface area contributed by atoms with Crippen molar-refractivity contribution in [3.05, 3.63) is 24.3 Å². The average molecular weight is 224 g/mol. The summed E-state index contributed by atoms with van der Waals surface area (Å²) in [6.07, 6.45) is 6.84. The van der Waals surface area contributed by atoms with E-state index in [-0.39, 0.29) is 30.5 Å². The number of carboxylic acids is 1. The van der Waals surface area contributed by atoms with Gasteiger partial charge in [-0.05, 0) is 19.3 Å². The molecule has 0 amide bonds. The van der Waals surface area contributed by atoms with Crippen molar-refractivity contribution in [3.63, 3.8) is 0 Å². The zero-order valence-corrected chi connectivity index (χ0v) is 9.15. The number of carboxylic acid groups (broad SMARTS) is 1. The van der Waals surface area contributed by atoms with E-state index in [4.69, 9.17) is 9.84 Å². The molecular weight excluding hydrogens is 208 g/mol. The number of rotatable bonds is 5. The molecule has 0 saturated heterocycles. The average Bonchev–Trinajstić information content (AvgIpc) is 2.29. The van der Waals surface area contributed by atoms with Gasteiger partial charge in [0.05, 0.1) is 12.5 Å². The Kier molecular flexibility index (Phi) is 4.76. The SMILES string of the molecule is C=C(CCOC(=O)C1C=CCCC1)C(=O)O. The summed E-state index contributed by atoms with van der Waals surface area (Å²) in [5.41, 5.74) is 0.0620. The van der Waals surface area contributed by atoms with E-state index < -0.39 is 5.97 Å². The second-order valence-corrected chi connectivity index (χ2v) is 3.79. The van der Waals surface area contributed by atoms with Crippen molar-refractivity contribution in [1.82, 2.24) is 0 Å². The number of ether oxygens (including phenoxy) is 1. The molecule has 1 rings (SSSR count). The van der Waals surface area contributed by atoms with Crippen LogP contribution < -0.4 is 0 Å². The van der Waals surface area contributed by atoms with Crippen LogP contribution in [0.2, 0.25) is 0 Å². The van der Waals surface area contributed by atoms with Gasteiger partial charge in [0.1, 0.15) is 0 Å². The lowest BCUT2D eigenvalue weighted by atomic mass is 9.96. The van der Waals surface area contributed by atoms with Crippen molar-refractivity contribution in [2.45, 2.75) is 25.7 Å². The van der Waals surface area contributed by atoms with Gasteiger partial charge in [-0.3, -0.25) is 4.79 Å². The van der Waals surface area contributed by atoms with Crippen LogP contribution in [0.3, 0.4) is 0 Å². The first kappa shape index (κ1) is 12.5. The van der Waals surface area contributed by atoms with Gasteiger partial charge in [-0.15, -0.1) is 0 Å². The summed E-state index contributed by atoms with van der Waals surface area (Å²) in [4.78, 5) is 21.9. The van der Waals surface area contributed by atoms with Crippen LogP contribution in [0, 0.1) is 5.92 Å². The van der Waals surface area contributed by atoms with E-state index in [1.54, 1.807) is 0 Å². The Balaban J connectivity index is 2.24. The fourth-order valence-corrected chi connectivity index (χ4v) is 1.50. The summed E-state index contributed by atoms with van der Waals surface area (Å²) >= 11 is 0. The van der Waals surface area contributed by atoms with Gasteiger partial charge < -0.3 is 9.84 Å².